The van der Waals surface area contributed by atoms with Crippen LogP contribution < -0.4 is 4.90 Å². The number of carbonyl (C=O) groups is 1. The number of pyridine rings is 1. The topological polar surface area (TPSA) is 75.4 Å². The van der Waals surface area contributed by atoms with Crippen LogP contribution in [-0.2, 0) is 0 Å². The van der Waals surface area contributed by atoms with E-state index in [-0.39, 0.29) is 5.91 Å². The van der Waals surface area contributed by atoms with Crippen molar-refractivity contribution in [1.29, 1.82) is 0 Å². The van der Waals surface area contributed by atoms with Crippen LogP contribution in [0.4, 0.5) is 5.82 Å². The van der Waals surface area contributed by atoms with Crippen LogP contribution in [-0.4, -0.2) is 52.2 Å². The summed E-state index contributed by atoms with van der Waals surface area (Å²) in [7, 11) is 0. The summed E-state index contributed by atoms with van der Waals surface area (Å²) in [4.78, 5) is 20.4. The average molecular weight is 414 g/mol. The van der Waals surface area contributed by atoms with E-state index in [2.05, 4.69) is 36.0 Å². The average Bonchev–Trinajstić information content (AvgIpc) is 3.15. The lowest BCUT2D eigenvalue weighted by atomic mass is 10.2. The fraction of sp³-hybridized carbons (Fsp3) is 0.222. The Morgan fingerprint density at radius 2 is 1.88 bits per heavy atom. The minimum Gasteiger partial charge on any atom is -0.444 e. The van der Waals surface area contributed by atoms with Gasteiger partial charge in [-0.1, -0.05) is 0 Å². The number of hydrogen-bond donors (Lipinski definition) is 0. The molecule has 0 radical (unpaired) electrons. The van der Waals surface area contributed by atoms with Crippen molar-refractivity contribution in [3.8, 4) is 11.3 Å². The van der Waals surface area contributed by atoms with Crippen molar-refractivity contribution < 1.29 is 9.21 Å². The normalized spacial score (nSPS) is 14.5. The lowest BCUT2D eigenvalue weighted by Crippen LogP contribution is -2.49. The number of carbonyl (C=O) groups excluding carboxylic acids is 1. The Balaban J connectivity index is 1.39. The minimum absolute atomic E-state index is 0.0895. The van der Waals surface area contributed by atoms with Crippen molar-refractivity contribution in [1.82, 2.24) is 20.1 Å². The maximum atomic E-state index is 12.4. The smallest absolute Gasteiger partial charge is 0.289 e. The standard InChI is InChI=1S/C18H16BrN5O2/c19-16-5-4-15(26-16)18(25)24-10-8-23(9-11-24)17-6-3-14(21-22-17)13-2-1-7-20-12-13/h1-7,12H,8-11H2. The number of aromatic nitrogens is 3. The predicted octanol–water partition coefficient (Wildman–Crippen LogP) is 2.86. The first-order chi connectivity index (χ1) is 12.7. The van der Waals surface area contributed by atoms with Crippen LogP contribution in [0.3, 0.4) is 0 Å². The minimum atomic E-state index is -0.0895. The van der Waals surface area contributed by atoms with Crippen LogP contribution in [0.15, 0.2) is 57.9 Å². The first-order valence-electron chi connectivity index (χ1n) is 8.24. The first-order valence-corrected chi connectivity index (χ1v) is 9.04. The monoisotopic (exact) mass is 413 g/mol. The number of anilines is 1. The van der Waals surface area contributed by atoms with E-state index in [1.54, 1.807) is 29.4 Å². The molecule has 26 heavy (non-hydrogen) atoms. The van der Waals surface area contributed by atoms with E-state index in [9.17, 15) is 4.79 Å². The largest absolute Gasteiger partial charge is 0.444 e. The number of furan rings is 1. The molecule has 0 aromatic carbocycles. The number of rotatable bonds is 3. The predicted molar refractivity (Wildman–Crippen MR) is 99.8 cm³/mol. The van der Waals surface area contributed by atoms with E-state index in [4.69, 9.17) is 4.42 Å². The van der Waals surface area contributed by atoms with E-state index in [0.717, 1.165) is 17.1 Å². The van der Waals surface area contributed by atoms with Crippen molar-refractivity contribution in [3.05, 3.63) is 59.2 Å². The van der Waals surface area contributed by atoms with Crippen molar-refractivity contribution in [3.63, 3.8) is 0 Å². The molecule has 0 aliphatic carbocycles. The third-order valence-electron chi connectivity index (χ3n) is 4.28. The molecular formula is C18H16BrN5O2. The fourth-order valence-electron chi connectivity index (χ4n) is 2.89. The van der Waals surface area contributed by atoms with Crippen LogP contribution in [0.1, 0.15) is 10.6 Å². The van der Waals surface area contributed by atoms with Gasteiger partial charge in [-0.3, -0.25) is 9.78 Å². The van der Waals surface area contributed by atoms with Crippen molar-refractivity contribution in [2.45, 2.75) is 0 Å². The van der Waals surface area contributed by atoms with Crippen molar-refractivity contribution in [2.75, 3.05) is 31.1 Å². The van der Waals surface area contributed by atoms with Crippen LogP contribution in [0, 0.1) is 0 Å². The highest BCUT2D eigenvalue weighted by Gasteiger charge is 2.24. The Bertz CT molecular complexity index is 889. The molecule has 0 N–H and O–H groups in total. The molecule has 8 heteroatoms. The third kappa shape index (κ3) is 3.45. The molecule has 0 atom stereocenters. The Labute approximate surface area is 158 Å². The second-order valence-corrected chi connectivity index (χ2v) is 6.68. The van der Waals surface area contributed by atoms with E-state index in [1.165, 1.54) is 0 Å². The van der Waals surface area contributed by atoms with Crippen LogP contribution in [0.2, 0.25) is 0 Å². The van der Waals surface area contributed by atoms with Gasteiger partial charge >= 0.3 is 0 Å². The van der Waals surface area contributed by atoms with Gasteiger partial charge in [0.15, 0.2) is 16.2 Å². The second-order valence-electron chi connectivity index (χ2n) is 5.90. The number of amides is 1. The highest BCUT2D eigenvalue weighted by atomic mass is 79.9. The molecule has 4 heterocycles. The Morgan fingerprint density at radius 3 is 2.50 bits per heavy atom. The number of nitrogens with zero attached hydrogens (tertiary/aromatic N) is 5. The van der Waals surface area contributed by atoms with E-state index in [0.29, 0.717) is 36.6 Å². The zero-order valence-electron chi connectivity index (χ0n) is 13.9. The quantitative estimate of drug-likeness (QED) is 0.656. The maximum absolute atomic E-state index is 12.4. The Morgan fingerprint density at radius 1 is 1.04 bits per heavy atom. The van der Waals surface area contributed by atoms with E-state index < -0.39 is 0 Å². The highest BCUT2D eigenvalue weighted by molar-refractivity contribution is 9.10. The summed E-state index contributed by atoms with van der Waals surface area (Å²) in [6, 6.07) is 11.1. The lowest BCUT2D eigenvalue weighted by Gasteiger charge is -2.34. The molecule has 3 aromatic rings. The van der Waals surface area contributed by atoms with Gasteiger partial charge in [-0.25, -0.2) is 0 Å². The summed E-state index contributed by atoms with van der Waals surface area (Å²) in [5, 5.41) is 8.63. The third-order valence-corrected chi connectivity index (χ3v) is 4.71. The summed E-state index contributed by atoms with van der Waals surface area (Å²) >= 11 is 3.22. The van der Waals surface area contributed by atoms with Gasteiger partial charge in [0.1, 0.15) is 0 Å². The molecule has 1 fully saturated rings. The summed E-state index contributed by atoms with van der Waals surface area (Å²) in [6.45, 7) is 2.63. The molecule has 1 aliphatic rings. The van der Waals surface area contributed by atoms with Gasteiger partial charge in [0, 0.05) is 44.1 Å². The molecule has 4 rings (SSSR count). The molecule has 7 nitrogen and oxygen atoms in total. The molecule has 0 unspecified atom stereocenters. The van der Waals surface area contributed by atoms with Crippen LogP contribution >= 0.6 is 15.9 Å². The second kappa shape index (κ2) is 7.25. The molecule has 132 valence electrons. The van der Waals surface area contributed by atoms with Gasteiger partial charge in [0.2, 0.25) is 0 Å². The molecule has 1 amide bonds. The van der Waals surface area contributed by atoms with Gasteiger partial charge in [0.05, 0.1) is 5.69 Å². The summed E-state index contributed by atoms with van der Waals surface area (Å²) in [5.41, 5.74) is 1.73. The molecule has 0 bridgehead atoms. The molecule has 1 saturated heterocycles. The van der Waals surface area contributed by atoms with Crippen molar-refractivity contribution in [2.24, 2.45) is 0 Å². The van der Waals surface area contributed by atoms with E-state index >= 15 is 0 Å². The number of halogens is 1. The summed E-state index contributed by atoms with van der Waals surface area (Å²) in [5.74, 6) is 1.07. The van der Waals surface area contributed by atoms with Gasteiger partial charge in [-0.05, 0) is 52.3 Å². The van der Waals surface area contributed by atoms with Crippen LogP contribution in [0.25, 0.3) is 11.3 Å². The first kappa shape index (κ1) is 16.7. The number of hydrogen-bond acceptors (Lipinski definition) is 6. The maximum Gasteiger partial charge on any atom is 0.289 e. The van der Waals surface area contributed by atoms with Gasteiger partial charge in [-0.2, -0.15) is 0 Å². The Hall–Kier alpha value is -2.74. The molecule has 0 saturated carbocycles. The SMILES string of the molecule is O=C(c1ccc(Br)o1)N1CCN(c2ccc(-c3cccnc3)nn2)CC1. The molecule has 1 aliphatic heterocycles. The molecule has 3 aromatic heterocycles. The highest BCUT2D eigenvalue weighted by Crippen LogP contribution is 2.20. The van der Waals surface area contributed by atoms with Crippen molar-refractivity contribution >= 4 is 27.7 Å². The zero-order chi connectivity index (χ0) is 17.9. The molecule has 0 spiro atoms. The zero-order valence-corrected chi connectivity index (χ0v) is 15.5. The summed E-state index contributed by atoms with van der Waals surface area (Å²) < 4.78 is 5.91. The van der Waals surface area contributed by atoms with Gasteiger partial charge < -0.3 is 14.2 Å². The van der Waals surface area contributed by atoms with Crippen LogP contribution in [0.5, 0.6) is 0 Å². The number of piperazine rings is 1. The fourth-order valence-corrected chi connectivity index (χ4v) is 3.19. The summed E-state index contributed by atoms with van der Waals surface area (Å²) in [6.07, 6.45) is 3.49. The Kier molecular flexibility index (Phi) is 4.66. The van der Waals surface area contributed by atoms with E-state index in [1.807, 2.05) is 24.3 Å². The van der Waals surface area contributed by atoms with Gasteiger partial charge in [0.25, 0.3) is 5.91 Å². The molecular weight excluding hydrogens is 398 g/mol. The van der Waals surface area contributed by atoms with Gasteiger partial charge in [-0.15, -0.1) is 10.2 Å². The lowest BCUT2D eigenvalue weighted by molar-refractivity contribution is 0.0713.